The summed E-state index contributed by atoms with van der Waals surface area (Å²) in [6.07, 6.45) is -6.89. The molecule has 4 rings (SSSR count). The number of nitrogens with zero attached hydrogens (tertiary/aromatic N) is 1. The van der Waals surface area contributed by atoms with Crippen LogP contribution in [0.15, 0.2) is 12.1 Å². The van der Waals surface area contributed by atoms with Gasteiger partial charge in [0.05, 0.1) is 44.9 Å². The Kier molecular flexibility index (Phi) is 14.8. The molecule has 0 saturated carbocycles. The second kappa shape index (κ2) is 18.9. The quantitative estimate of drug-likeness (QED) is 0.134. The van der Waals surface area contributed by atoms with Crippen LogP contribution in [0.5, 0.6) is 5.75 Å². The normalized spacial score (nSPS) is 25.3. The van der Waals surface area contributed by atoms with Gasteiger partial charge in [0.2, 0.25) is 11.8 Å². The number of carbonyl (C=O) groups excluding carboxylic acids is 8. The van der Waals surface area contributed by atoms with Gasteiger partial charge >= 0.3 is 29.8 Å². The Morgan fingerprint density at radius 3 is 2.16 bits per heavy atom. The summed E-state index contributed by atoms with van der Waals surface area (Å²) in [6.45, 7) is 10.2. The minimum Gasteiger partial charge on any atom is -0.467 e. The number of nitrogens with one attached hydrogen (secondary N) is 3. The molecule has 0 aromatic heterocycles. The molecule has 0 aliphatic carbocycles. The van der Waals surface area contributed by atoms with Gasteiger partial charge in [-0.3, -0.25) is 33.6 Å². The summed E-state index contributed by atoms with van der Waals surface area (Å²) >= 11 is 0. The van der Waals surface area contributed by atoms with E-state index >= 15 is 0 Å². The van der Waals surface area contributed by atoms with Gasteiger partial charge in [-0.25, -0.2) is 4.79 Å². The van der Waals surface area contributed by atoms with Crippen molar-refractivity contribution in [1.29, 1.82) is 0 Å². The molecule has 3 N–H and O–H groups in total. The summed E-state index contributed by atoms with van der Waals surface area (Å²) in [5, 5.41) is 8.56. The molecule has 19 nitrogen and oxygen atoms in total. The SMILES string of the molecule is COC(=O)[C@@]1(CC(=O)N2CCOC[C@]23CCNC3)C[C@H](OC(C)=O)[C@@H](NC(C)=O)[C@H]([C@H](OC(C)=O)[C@@H](CNC(=O)c2cc(C)c(OC(C)=O)c(C)c2)OC(C)=O)O1. The molecule has 1 spiro atoms. The fourth-order valence-electron chi connectivity index (χ4n) is 7.77. The van der Waals surface area contributed by atoms with Crippen LogP contribution in [0.3, 0.4) is 0 Å². The number of carbonyl (C=O) groups is 8. The number of amides is 3. The number of esters is 5. The van der Waals surface area contributed by atoms with Crippen LogP contribution in [-0.2, 0) is 62.0 Å². The molecule has 1 aromatic carbocycles. The molecule has 3 fully saturated rings. The summed E-state index contributed by atoms with van der Waals surface area (Å²) < 4.78 is 39.8. The largest absolute Gasteiger partial charge is 0.467 e. The summed E-state index contributed by atoms with van der Waals surface area (Å²) in [4.78, 5) is 106. The fraction of sp³-hybridized carbons (Fsp3) is 0.632. The summed E-state index contributed by atoms with van der Waals surface area (Å²) in [7, 11) is 1.08. The highest BCUT2D eigenvalue weighted by molar-refractivity contribution is 5.95. The highest BCUT2D eigenvalue weighted by Gasteiger charge is 2.60. The lowest BCUT2D eigenvalue weighted by Crippen LogP contribution is -2.70. The molecule has 7 atom stereocenters. The molecule has 0 unspecified atom stereocenters. The van der Waals surface area contributed by atoms with Crippen LogP contribution in [-0.4, -0.2) is 141 Å². The summed E-state index contributed by atoms with van der Waals surface area (Å²) in [6, 6.07) is 1.59. The predicted octanol–water partition coefficient (Wildman–Crippen LogP) is -0.0600. The van der Waals surface area contributed by atoms with Crippen molar-refractivity contribution in [2.75, 3.05) is 46.5 Å². The Hall–Kier alpha value is -5.14. The topological polar surface area (TPSA) is 240 Å². The zero-order valence-electron chi connectivity index (χ0n) is 33.5. The number of morpholine rings is 1. The van der Waals surface area contributed by atoms with Crippen LogP contribution in [0.1, 0.15) is 75.4 Å². The van der Waals surface area contributed by atoms with E-state index in [1.165, 1.54) is 26.0 Å². The van der Waals surface area contributed by atoms with Gasteiger partial charge < -0.3 is 54.0 Å². The molecule has 3 aliphatic rings. The number of hydrogen-bond donors (Lipinski definition) is 3. The van der Waals surface area contributed by atoms with Crippen molar-refractivity contribution in [2.45, 2.75) is 109 Å². The first kappa shape index (κ1) is 44.6. The monoisotopic (exact) mass is 804 g/mol. The van der Waals surface area contributed by atoms with Gasteiger partial charge in [-0.1, -0.05) is 0 Å². The lowest BCUT2D eigenvalue weighted by atomic mass is 9.80. The minimum atomic E-state index is -2.21. The van der Waals surface area contributed by atoms with Crippen molar-refractivity contribution in [3.8, 4) is 5.75 Å². The molecule has 0 radical (unpaired) electrons. The first-order valence-corrected chi connectivity index (χ1v) is 18.5. The molecule has 3 amide bonds. The van der Waals surface area contributed by atoms with Crippen LogP contribution in [0.4, 0.5) is 0 Å². The van der Waals surface area contributed by atoms with E-state index < -0.39 is 109 Å². The number of methoxy groups -OCH3 is 1. The zero-order chi connectivity index (χ0) is 42.2. The van der Waals surface area contributed by atoms with Gasteiger partial charge in [0, 0.05) is 59.7 Å². The third kappa shape index (κ3) is 10.8. The third-order valence-corrected chi connectivity index (χ3v) is 10.00. The minimum absolute atomic E-state index is 0.146. The van der Waals surface area contributed by atoms with Crippen LogP contribution in [0.2, 0.25) is 0 Å². The second-order valence-electron chi connectivity index (χ2n) is 14.5. The second-order valence-corrected chi connectivity index (χ2v) is 14.5. The maximum absolute atomic E-state index is 14.4. The smallest absolute Gasteiger partial charge is 0.338 e. The van der Waals surface area contributed by atoms with Gasteiger partial charge in [0.25, 0.3) is 5.91 Å². The van der Waals surface area contributed by atoms with Crippen LogP contribution >= 0.6 is 0 Å². The predicted molar refractivity (Wildman–Crippen MR) is 195 cm³/mol. The van der Waals surface area contributed by atoms with Crippen LogP contribution in [0, 0.1) is 13.8 Å². The van der Waals surface area contributed by atoms with Crippen molar-refractivity contribution < 1.29 is 71.5 Å². The molecule has 0 bridgehead atoms. The van der Waals surface area contributed by atoms with E-state index in [2.05, 4.69) is 16.0 Å². The number of rotatable bonds is 13. The lowest BCUT2D eigenvalue weighted by molar-refractivity contribution is -0.241. The number of ether oxygens (including phenoxy) is 7. The van der Waals surface area contributed by atoms with Gasteiger partial charge in [-0.2, -0.15) is 0 Å². The Labute approximate surface area is 330 Å². The molecule has 3 saturated heterocycles. The van der Waals surface area contributed by atoms with Crippen molar-refractivity contribution in [3.05, 3.63) is 28.8 Å². The van der Waals surface area contributed by atoms with Gasteiger partial charge in [-0.05, 0) is 50.1 Å². The maximum Gasteiger partial charge on any atom is 0.338 e. The molecular weight excluding hydrogens is 752 g/mol. The van der Waals surface area contributed by atoms with Crippen LogP contribution < -0.4 is 20.7 Å². The van der Waals surface area contributed by atoms with Crippen molar-refractivity contribution >= 4 is 47.6 Å². The molecule has 19 heteroatoms. The van der Waals surface area contributed by atoms with E-state index in [9.17, 15) is 38.4 Å². The fourth-order valence-corrected chi connectivity index (χ4v) is 7.77. The van der Waals surface area contributed by atoms with Crippen LogP contribution in [0.25, 0.3) is 0 Å². The lowest BCUT2D eigenvalue weighted by Gasteiger charge is -2.50. The molecule has 3 aliphatic heterocycles. The van der Waals surface area contributed by atoms with E-state index in [1.807, 2.05) is 0 Å². The highest BCUT2D eigenvalue weighted by atomic mass is 16.6. The number of hydrogen-bond acceptors (Lipinski definition) is 16. The zero-order valence-corrected chi connectivity index (χ0v) is 33.5. The summed E-state index contributed by atoms with van der Waals surface area (Å²) in [5.74, 6) is -5.72. The van der Waals surface area contributed by atoms with Crippen molar-refractivity contribution in [2.24, 2.45) is 0 Å². The van der Waals surface area contributed by atoms with Gasteiger partial charge in [0.15, 0.2) is 17.8 Å². The Morgan fingerprint density at radius 1 is 0.947 bits per heavy atom. The third-order valence-electron chi connectivity index (χ3n) is 10.00. The van der Waals surface area contributed by atoms with Crippen molar-refractivity contribution in [1.82, 2.24) is 20.9 Å². The van der Waals surface area contributed by atoms with E-state index in [0.29, 0.717) is 30.6 Å². The molecule has 3 heterocycles. The standard InChI is InChI=1S/C38H52N4O15/c1-20-13-27(14-21(2)32(20)55-25(6)46)35(49)40-17-29(54-24(5)45)33(56-26(7)47)34-31(41-22(3)43)28(53-23(4)44)15-38(57-34,36(50)51-8)16-30(48)42-11-12-52-19-37(42)9-10-39-18-37/h13-14,28-29,31,33-34,39H,9-12,15-19H2,1-8H3,(H,40,49)(H,41,43)/t28-,29+,31+,33+,34+,37+,38-/m0/s1. The van der Waals surface area contributed by atoms with Gasteiger partial charge in [-0.15, -0.1) is 0 Å². The Morgan fingerprint density at radius 2 is 1.61 bits per heavy atom. The molecule has 1 aromatic rings. The first-order chi connectivity index (χ1) is 26.8. The van der Waals surface area contributed by atoms with Gasteiger partial charge in [0.1, 0.15) is 18.0 Å². The van der Waals surface area contributed by atoms with Crippen molar-refractivity contribution in [3.63, 3.8) is 0 Å². The number of aryl methyl sites for hydroxylation is 2. The van der Waals surface area contributed by atoms with E-state index in [1.54, 1.807) is 18.7 Å². The molecule has 314 valence electrons. The Balaban J connectivity index is 1.79. The average Bonchev–Trinajstić information content (AvgIpc) is 3.58. The highest BCUT2D eigenvalue weighted by Crippen LogP contribution is 2.40. The Bertz CT molecular complexity index is 1720. The van der Waals surface area contributed by atoms with E-state index in [0.717, 1.165) is 27.9 Å². The van der Waals surface area contributed by atoms with E-state index in [4.69, 9.17) is 33.2 Å². The maximum atomic E-state index is 14.4. The molecular formula is C38H52N4O15. The average molecular weight is 805 g/mol. The number of benzene rings is 1. The molecule has 57 heavy (non-hydrogen) atoms. The first-order valence-electron chi connectivity index (χ1n) is 18.5. The van der Waals surface area contributed by atoms with E-state index in [-0.39, 0.29) is 31.1 Å². The summed E-state index contributed by atoms with van der Waals surface area (Å²) in [5.41, 5.74) is -1.80.